The van der Waals surface area contributed by atoms with Crippen molar-refractivity contribution < 1.29 is 24.6 Å². The van der Waals surface area contributed by atoms with Crippen molar-refractivity contribution >= 4 is 52.4 Å². The van der Waals surface area contributed by atoms with Crippen molar-refractivity contribution in [2.45, 2.75) is 18.8 Å². The Kier molecular flexibility index (Phi) is 6.98. The fourth-order valence-corrected chi connectivity index (χ4v) is 4.49. The van der Waals surface area contributed by atoms with Crippen LogP contribution in [0.4, 0.5) is 11.4 Å². The Balaban J connectivity index is 1.53. The molecule has 0 saturated carbocycles. The van der Waals surface area contributed by atoms with Gasteiger partial charge in [-0.2, -0.15) is 0 Å². The number of carboxylic acid groups (broad SMARTS) is 1. The minimum absolute atomic E-state index is 0.000527. The average Bonchev–Trinajstić information content (AvgIpc) is 2.83. The van der Waals surface area contributed by atoms with Crippen molar-refractivity contribution in [2.24, 2.45) is 0 Å². The summed E-state index contributed by atoms with van der Waals surface area (Å²) in [5.74, 6) is -2.29. The molecule has 2 atom stereocenters. The molecule has 3 aromatic carbocycles. The normalized spacial score (nSPS) is 16.0. The number of anilines is 2. The molecule has 0 aliphatic carbocycles. The third kappa shape index (κ3) is 4.81. The van der Waals surface area contributed by atoms with E-state index in [1.807, 2.05) is 0 Å². The van der Waals surface area contributed by atoms with Crippen molar-refractivity contribution in [2.75, 3.05) is 16.8 Å². The van der Waals surface area contributed by atoms with Crippen molar-refractivity contribution in [3.05, 3.63) is 93.5 Å². The smallest absolute Gasteiger partial charge is 0.326 e. The van der Waals surface area contributed by atoms with Crippen molar-refractivity contribution in [1.82, 2.24) is 5.32 Å². The molecule has 0 fully saturated rings. The minimum Gasteiger partial charge on any atom is -0.480 e. The van der Waals surface area contributed by atoms with E-state index in [9.17, 15) is 24.6 Å². The molecule has 8 nitrogen and oxygen atoms in total. The van der Waals surface area contributed by atoms with Gasteiger partial charge in [-0.15, -0.1) is 0 Å². The lowest BCUT2D eigenvalue weighted by Crippen LogP contribution is -2.54. The number of para-hydroxylation sites is 1. The van der Waals surface area contributed by atoms with Gasteiger partial charge in [-0.1, -0.05) is 53.5 Å². The van der Waals surface area contributed by atoms with Crippen molar-refractivity contribution in [3.63, 3.8) is 0 Å². The molecular weight excluding hydrogens is 493 g/mol. The number of carbonyl (C=O) groups is 3. The SMILES string of the molecule is CN1c2ccccc2C(=O)N(c2ccc(C[C@H](NC(=O)c3c(Cl)cccc3Cl)C(=O)O)cc2)C1O. The number of carboxylic acids is 1. The number of fused-ring (bicyclic) bond motifs is 1. The molecule has 0 spiro atoms. The lowest BCUT2D eigenvalue weighted by molar-refractivity contribution is -0.139. The molecule has 1 unspecified atom stereocenters. The van der Waals surface area contributed by atoms with E-state index in [1.54, 1.807) is 66.5 Å². The molecule has 10 heteroatoms. The van der Waals surface area contributed by atoms with E-state index < -0.39 is 24.3 Å². The molecule has 1 heterocycles. The molecule has 4 rings (SSSR count). The zero-order valence-electron chi connectivity index (χ0n) is 18.5. The first-order valence-corrected chi connectivity index (χ1v) is 11.3. The Morgan fingerprint density at radius 2 is 1.63 bits per heavy atom. The van der Waals surface area contributed by atoms with Crippen molar-refractivity contribution in [1.29, 1.82) is 0 Å². The van der Waals surface area contributed by atoms with Gasteiger partial charge in [0.05, 0.1) is 26.9 Å². The summed E-state index contributed by atoms with van der Waals surface area (Å²) >= 11 is 12.1. The van der Waals surface area contributed by atoms with Crippen LogP contribution in [0.2, 0.25) is 10.0 Å². The zero-order chi connectivity index (χ0) is 25.3. The molecule has 3 N–H and O–H groups in total. The lowest BCUT2D eigenvalue weighted by Gasteiger charge is -2.40. The number of benzene rings is 3. The number of amides is 2. The van der Waals surface area contributed by atoms with E-state index in [0.717, 1.165) is 0 Å². The summed E-state index contributed by atoms with van der Waals surface area (Å²) in [5, 5.41) is 23.1. The van der Waals surface area contributed by atoms with Gasteiger partial charge >= 0.3 is 5.97 Å². The number of halogens is 2. The first kappa shape index (κ1) is 24.5. The van der Waals surface area contributed by atoms with Gasteiger partial charge in [0.15, 0.2) is 0 Å². The molecule has 180 valence electrons. The minimum atomic E-state index is -1.25. The number of aliphatic hydroxyl groups is 1. The monoisotopic (exact) mass is 513 g/mol. The topological polar surface area (TPSA) is 110 Å². The van der Waals surface area contributed by atoms with Crippen LogP contribution in [0.25, 0.3) is 0 Å². The van der Waals surface area contributed by atoms with Crippen LogP contribution in [0.1, 0.15) is 26.3 Å². The number of aliphatic hydroxyl groups excluding tert-OH is 1. The summed E-state index contributed by atoms with van der Waals surface area (Å²) in [4.78, 5) is 40.3. The summed E-state index contributed by atoms with van der Waals surface area (Å²) in [7, 11) is 1.68. The number of carbonyl (C=O) groups excluding carboxylic acids is 2. The van der Waals surface area contributed by atoms with E-state index in [1.165, 1.54) is 17.0 Å². The van der Waals surface area contributed by atoms with Gasteiger partial charge < -0.3 is 20.4 Å². The fourth-order valence-electron chi connectivity index (χ4n) is 3.92. The third-order valence-electron chi connectivity index (χ3n) is 5.76. The molecule has 0 saturated heterocycles. The van der Waals surface area contributed by atoms with E-state index in [4.69, 9.17) is 23.2 Å². The van der Waals surface area contributed by atoms with Crippen molar-refractivity contribution in [3.8, 4) is 0 Å². The first-order chi connectivity index (χ1) is 16.7. The van der Waals surface area contributed by atoms with Crippen LogP contribution in [0.5, 0.6) is 0 Å². The van der Waals surface area contributed by atoms with Crippen LogP contribution in [0, 0.1) is 0 Å². The summed E-state index contributed by atoms with van der Waals surface area (Å²) < 4.78 is 0. The predicted molar refractivity (Wildman–Crippen MR) is 133 cm³/mol. The molecular formula is C25H21Cl2N3O5. The van der Waals surface area contributed by atoms with Gasteiger partial charge in [0.25, 0.3) is 11.8 Å². The molecule has 0 bridgehead atoms. The number of hydrogen-bond acceptors (Lipinski definition) is 5. The van der Waals surface area contributed by atoms with Gasteiger partial charge in [0, 0.05) is 19.2 Å². The Hall–Kier alpha value is -3.59. The number of aliphatic carboxylic acids is 1. The second-order valence-electron chi connectivity index (χ2n) is 7.98. The van der Waals surface area contributed by atoms with Gasteiger partial charge in [0.2, 0.25) is 6.35 Å². The maximum atomic E-state index is 13.0. The highest BCUT2D eigenvalue weighted by Gasteiger charge is 2.35. The predicted octanol–water partition coefficient (Wildman–Crippen LogP) is 3.79. The van der Waals surface area contributed by atoms with Gasteiger partial charge in [-0.3, -0.25) is 14.5 Å². The van der Waals surface area contributed by atoms with E-state index in [2.05, 4.69) is 5.32 Å². The highest BCUT2D eigenvalue weighted by atomic mass is 35.5. The van der Waals surface area contributed by atoms with E-state index >= 15 is 0 Å². The second-order valence-corrected chi connectivity index (χ2v) is 8.80. The standard InChI is InChI=1S/C25H21Cl2N3O5/c1-29-20-8-3-2-5-16(20)23(32)30(25(29)35)15-11-9-14(10-12-15)13-19(24(33)34)28-22(31)21-17(26)6-4-7-18(21)27/h2-12,19,25,35H,13H2,1H3,(H,28,31)(H,33,34)/t19-,25?/m0/s1. The van der Waals surface area contributed by atoms with Crippen LogP contribution < -0.4 is 15.1 Å². The number of nitrogens with one attached hydrogen (secondary N) is 1. The van der Waals surface area contributed by atoms with Crippen LogP contribution in [0.3, 0.4) is 0 Å². The maximum absolute atomic E-state index is 13.0. The maximum Gasteiger partial charge on any atom is 0.326 e. The highest BCUT2D eigenvalue weighted by molar-refractivity contribution is 6.39. The molecule has 35 heavy (non-hydrogen) atoms. The summed E-state index contributed by atoms with van der Waals surface area (Å²) in [6, 6.07) is 16.8. The molecule has 0 aromatic heterocycles. The molecule has 1 aliphatic rings. The summed E-state index contributed by atoms with van der Waals surface area (Å²) in [5.41, 5.74) is 2.11. The van der Waals surface area contributed by atoms with Gasteiger partial charge in [-0.05, 0) is 42.0 Å². The Morgan fingerprint density at radius 1 is 1.00 bits per heavy atom. The molecule has 0 radical (unpaired) electrons. The first-order valence-electron chi connectivity index (χ1n) is 10.6. The number of nitrogens with zero attached hydrogens (tertiary/aromatic N) is 2. The van der Waals surface area contributed by atoms with Gasteiger partial charge in [0.1, 0.15) is 6.04 Å². The van der Waals surface area contributed by atoms with Gasteiger partial charge in [-0.25, -0.2) is 4.79 Å². The van der Waals surface area contributed by atoms with Crippen LogP contribution in [-0.2, 0) is 11.2 Å². The number of rotatable bonds is 6. The Morgan fingerprint density at radius 3 is 2.26 bits per heavy atom. The lowest BCUT2D eigenvalue weighted by atomic mass is 10.0. The summed E-state index contributed by atoms with van der Waals surface area (Å²) in [6.07, 6.45) is -1.24. The van der Waals surface area contributed by atoms with Crippen LogP contribution in [-0.4, -0.2) is 47.4 Å². The zero-order valence-corrected chi connectivity index (χ0v) is 20.0. The summed E-state index contributed by atoms with van der Waals surface area (Å²) in [6.45, 7) is 0. The Labute approximate surface area is 211 Å². The molecule has 3 aromatic rings. The molecule has 1 aliphatic heterocycles. The van der Waals surface area contributed by atoms with E-state index in [0.29, 0.717) is 22.5 Å². The largest absolute Gasteiger partial charge is 0.480 e. The van der Waals surface area contributed by atoms with Crippen LogP contribution in [0.15, 0.2) is 66.7 Å². The second kappa shape index (κ2) is 9.95. The fraction of sp³-hybridized carbons (Fsp3) is 0.160. The third-order valence-corrected chi connectivity index (χ3v) is 6.39. The highest BCUT2D eigenvalue weighted by Crippen LogP contribution is 2.32. The molecule has 2 amide bonds. The Bertz CT molecular complexity index is 1280. The van der Waals surface area contributed by atoms with Crippen LogP contribution >= 0.6 is 23.2 Å². The quantitative estimate of drug-likeness (QED) is 0.462. The number of hydrogen-bond donors (Lipinski definition) is 3. The van der Waals surface area contributed by atoms with E-state index in [-0.39, 0.29) is 27.9 Å². The average molecular weight is 514 g/mol.